The zero-order valence-electron chi connectivity index (χ0n) is 17.0. The van der Waals surface area contributed by atoms with E-state index in [-0.39, 0.29) is 42.5 Å². The molecule has 3 atom stereocenters. The highest BCUT2D eigenvalue weighted by Crippen LogP contribution is 2.37. The third-order valence-corrected chi connectivity index (χ3v) is 6.50. The molecule has 0 N–H and O–H groups in total. The smallest absolute Gasteiger partial charge is 0.242 e. The Morgan fingerprint density at radius 2 is 1.97 bits per heavy atom. The van der Waals surface area contributed by atoms with Crippen molar-refractivity contribution in [2.75, 3.05) is 38.2 Å². The Kier molecular flexibility index (Phi) is 5.67. The maximum Gasteiger partial charge on any atom is 0.242 e. The van der Waals surface area contributed by atoms with Gasteiger partial charge in [-0.2, -0.15) is 0 Å². The molecule has 0 spiro atoms. The summed E-state index contributed by atoms with van der Waals surface area (Å²) in [7, 11) is 1.71. The van der Waals surface area contributed by atoms with Crippen LogP contribution >= 0.6 is 0 Å². The highest BCUT2D eigenvalue weighted by atomic mass is 19.1. The number of fused-ring (bicyclic) bond motifs is 1. The number of nitrogens with zero attached hydrogens (tertiary/aromatic N) is 5. The van der Waals surface area contributed by atoms with E-state index in [1.54, 1.807) is 12.0 Å². The molecule has 8 nitrogen and oxygen atoms in total. The second-order valence-electron chi connectivity index (χ2n) is 8.11. The summed E-state index contributed by atoms with van der Waals surface area (Å²) in [5.74, 6) is -0.202. The molecule has 158 valence electrons. The fourth-order valence-corrected chi connectivity index (χ4v) is 5.06. The Hall–Kier alpha value is -2.29. The van der Waals surface area contributed by atoms with Gasteiger partial charge in [-0.25, -0.2) is 14.4 Å². The third kappa shape index (κ3) is 3.80. The van der Waals surface area contributed by atoms with Gasteiger partial charge in [-0.1, -0.05) is 6.92 Å². The molecule has 0 aromatic carbocycles. The maximum atomic E-state index is 13.3. The summed E-state index contributed by atoms with van der Waals surface area (Å²) in [4.78, 5) is 39.9. The summed E-state index contributed by atoms with van der Waals surface area (Å²) in [6.07, 6.45) is 5.55. The molecule has 2 amide bonds. The van der Waals surface area contributed by atoms with Crippen LogP contribution in [0.2, 0.25) is 0 Å². The van der Waals surface area contributed by atoms with Crippen molar-refractivity contribution in [3.05, 3.63) is 18.2 Å². The average Bonchev–Trinajstić information content (AvgIpc) is 3.13. The molecule has 0 saturated carbocycles. The molecule has 0 bridgehead atoms. The van der Waals surface area contributed by atoms with Crippen molar-refractivity contribution in [3.8, 4) is 0 Å². The van der Waals surface area contributed by atoms with E-state index in [0.29, 0.717) is 32.0 Å². The molecule has 0 aliphatic carbocycles. The largest absolute Gasteiger partial charge is 0.381 e. The van der Waals surface area contributed by atoms with Crippen molar-refractivity contribution in [1.82, 2.24) is 19.8 Å². The summed E-state index contributed by atoms with van der Waals surface area (Å²) < 4.78 is 18.5. The summed E-state index contributed by atoms with van der Waals surface area (Å²) in [6, 6.07) is -0.128. The molecule has 4 heterocycles. The standard InChI is InChI=1S/C20H28FN5O3/c1-3-17-16(19(28)24-6-4-15(29-2)5-7-24)8-14-11-25(12-18(27)26(14)17)20-22-9-13(21)10-23-20/h9-10,14-17H,3-8,11-12H2,1-2H3/t14-,16-,17-/m1/s1. The number of piperazine rings is 1. The van der Waals surface area contributed by atoms with Crippen LogP contribution in [0.4, 0.5) is 10.3 Å². The van der Waals surface area contributed by atoms with Gasteiger partial charge in [0.2, 0.25) is 17.8 Å². The quantitative estimate of drug-likeness (QED) is 0.746. The van der Waals surface area contributed by atoms with Crippen molar-refractivity contribution >= 4 is 17.8 Å². The maximum absolute atomic E-state index is 13.3. The Bertz CT molecular complexity index is 753. The van der Waals surface area contributed by atoms with Crippen molar-refractivity contribution in [1.29, 1.82) is 0 Å². The van der Waals surface area contributed by atoms with Gasteiger partial charge < -0.3 is 19.4 Å². The molecule has 3 aliphatic rings. The van der Waals surface area contributed by atoms with E-state index >= 15 is 0 Å². The number of amides is 2. The first kappa shape index (κ1) is 20.0. The lowest BCUT2D eigenvalue weighted by Gasteiger charge is -2.40. The summed E-state index contributed by atoms with van der Waals surface area (Å²) in [5.41, 5.74) is 0. The minimum absolute atomic E-state index is 0.0191. The number of rotatable bonds is 4. The van der Waals surface area contributed by atoms with Gasteiger partial charge in [0, 0.05) is 32.8 Å². The van der Waals surface area contributed by atoms with Gasteiger partial charge in [-0.05, 0) is 25.7 Å². The average molecular weight is 405 g/mol. The molecule has 9 heteroatoms. The Morgan fingerprint density at radius 3 is 2.59 bits per heavy atom. The first-order valence-corrected chi connectivity index (χ1v) is 10.4. The number of hydrogen-bond acceptors (Lipinski definition) is 6. The fourth-order valence-electron chi connectivity index (χ4n) is 5.06. The minimum atomic E-state index is -0.506. The van der Waals surface area contributed by atoms with Gasteiger partial charge in [0.05, 0.1) is 30.5 Å². The molecule has 29 heavy (non-hydrogen) atoms. The van der Waals surface area contributed by atoms with Crippen LogP contribution in [0.25, 0.3) is 0 Å². The van der Waals surface area contributed by atoms with Gasteiger partial charge in [0.25, 0.3) is 0 Å². The SMILES string of the molecule is CC[C@@H]1[C@H](C(=O)N2CCC(OC)CC2)C[C@@H]2CN(c3ncc(F)cn3)CC(=O)N21. The number of hydrogen-bond donors (Lipinski definition) is 0. The molecule has 3 fully saturated rings. The number of ether oxygens (including phenoxy) is 1. The molecule has 0 radical (unpaired) electrons. The number of carbonyl (C=O) groups excluding carboxylic acids is 2. The fraction of sp³-hybridized carbons (Fsp3) is 0.700. The molecule has 1 aromatic rings. The van der Waals surface area contributed by atoms with Crippen molar-refractivity contribution in [3.63, 3.8) is 0 Å². The predicted octanol–water partition coefficient (Wildman–Crippen LogP) is 1.07. The Balaban J connectivity index is 1.48. The summed E-state index contributed by atoms with van der Waals surface area (Å²) in [5, 5.41) is 0. The van der Waals surface area contributed by atoms with Gasteiger partial charge >= 0.3 is 0 Å². The Labute approximate surface area is 170 Å². The lowest BCUT2D eigenvalue weighted by molar-refractivity contribution is -0.140. The predicted molar refractivity (Wildman–Crippen MR) is 104 cm³/mol. The van der Waals surface area contributed by atoms with E-state index in [4.69, 9.17) is 4.74 Å². The molecular weight excluding hydrogens is 377 g/mol. The van der Waals surface area contributed by atoms with Crippen LogP contribution < -0.4 is 4.90 Å². The van der Waals surface area contributed by atoms with Gasteiger partial charge in [-0.3, -0.25) is 9.59 Å². The van der Waals surface area contributed by atoms with E-state index < -0.39 is 5.82 Å². The Morgan fingerprint density at radius 1 is 1.28 bits per heavy atom. The monoisotopic (exact) mass is 405 g/mol. The minimum Gasteiger partial charge on any atom is -0.381 e. The molecule has 3 aliphatic heterocycles. The molecule has 0 unspecified atom stereocenters. The zero-order chi connectivity index (χ0) is 20.5. The van der Waals surface area contributed by atoms with Crippen LogP contribution in [0.1, 0.15) is 32.6 Å². The highest BCUT2D eigenvalue weighted by Gasteiger charge is 2.50. The first-order chi connectivity index (χ1) is 14.0. The normalized spacial score (nSPS) is 28.0. The second-order valence-corrected chi connectivity index (χ2v) is 8.11. The van der Waals surface area contributed by atoms with Crippen molar-refractivity contribution < 1.29 is 18.7 Å². The number of likely N-dealkylation sites (tertiary alicyclic amines) is 1. The molecular formula is C20H28FN5O3. The van der Waals surface area contributed by atoms with Gasteiger partial charge in [0.1, 0.15) is 6.54 Å². The van der Waals surface area contributed by atoms with Gasteiger partial charge in [0.15, 0.2) is 5.82 Å². The number of carbonyl (C=O) groups is 2. The van der Waals surface area contributed by atoms with Crippen LogP contribution in [0.5, 0.6) is 0 Å². The van der Waals surface area contributed by atoms with Crippen LogP contribution in [0.15, 0.2) is 12.4 Å². The van der Waals surface area contributed by atoms with E-state index in [1.807, 2.05) is 16.7 Å². The lowest BCUT2D eigenvalue weighted by atomic mass is 9.94. The number of anilines is 1. The number of methoxy groups -OCH3 is 1. The topological polar surface area (TPSA) is 78.9 Å². The second kappa shape index (κ2) is 8.22. The molecule has 1 aromatic heterocycles. The third-order valence-electron chi connectivity index (χ3n) is 6.50. The summed E-state index contributed by atoms with van der Waals surface area (Å²) in [6.45, 7) is 4.16. The molecule has 3 saturated heterocycles. The molecule has 4 rings (SSSR count). The number of aromatic nitrogens is 2. The summed E-state index contributed by atoms with van der Waals surface area (Å²) >= 11 is 0. The van der Waals surface area contributed by atoms with Crippen LogP contribution in [-0.2, 0) is 14.3 Å². The number of piperidine rings is 1. The lowest BCUT2D eigenvalue weighted by Crippen LogP contribution is -2.57. The van der Waals surface area contributed by atoms with E-state index in [0.717, 1.165) is 31.7 Å². The van der Waals surface area contributed by atoms with E-state index in [2.05, 4.69) is 9.97 Å². The van der Waals surface area contributed by atoms with E-state index in [9.17, 15) is 14.0 Å². The number of halogens is 1. The zero-order valence-corrected chi connectivity index (χ0v) is 17.0. The van der Waals surface area contributed by atoms with Crippen molar-refractivity contribution in [2.45, 2.75) is 50.8 Å². The van der Waals surface area contributed by atoms with Crippen LogP contribution in [0, 0.1) is 11.7 Å². The van der Waals surface area contributed by atoms with E-state index in [1.165, 1.54) is 0 Å². The van der Waals surface area contributed by atoms with Crippen LogP contribution in [-0.4, -0.2) is 83.1 Å². The van der Waals surface area contributed by atoms with Crippen molar-refractivity contribution in [2.24, 2.45) is 5.92 Å². The van der Waals surface area contributed by atoms with Gasteiger partial charge in [-0.15, -0.1) is 0 Å². The van der Waals surface area contributed by atoms with Crippen LogP contribution in [0.3, 0.4) is 0 Å². The highest BCUT2D eigenvalue weighted by molar-refractivity contribution is 5.86. The first-order valence-electron chi connectivity index (χ1n) is 10.4.